The molecule has 0 saturated carbocycles. The molecule has 1 amide bonds. The molecule has 0 spiro atoms. The Bertz CT molecular complexity index is 912. The highest BCUT2D eigenvalue weighted by atomic mass is 32.1. The van der Waals surface area contributed by atoms with Crippen molar-refractivity contribution in [1.82, 2.24) is 15.3 Å². The first-order valence-corrected chi connectivity index (χ1v) is 9.90. The number of carbonyl (C=O) groups excluding carboxylic acids is 1. The SMILES string of the molecule is COc1ccc(CCNC(=O)CCc2csc(-c3ccncc3)n2)cc1OC. The van der Waals surface area contributed by atoms with Gasteiger partial charge in [-0.25, -0.2) is 4.98 Å². The van der Waals surface area contributed by atoms with Gasteiger partial charge in [0.1, 0.15) is 5.01 Å². The fourth-order valence-electron chi connectivity index (χ4n) is 2.76. The van der Waals surface area contributed by atoms with E-state index in [9.17, 15) is 4.79 Å². The van der Waals surface area contributed by atoms with Crippen LogP contribution in [0.15, 0.2) is 48.1 Å². The molecule has 0 atom stereocenters. The molecule has 1 aromatic carbocycles. The third-order valence-electron chi connectivity index (χ3n) is 4.27. The number of rotatable bonds is 9. The van der Waals surface area contributed by atoms with Crippen molar-refractivity contribution in [3.8, 4) is 22.1 Å². The van der Waals surface area contributed by atoms with Crippen LogP contribution in [0.4, 0.5) is 0 Å². The molecule has 28 heavy (non-hydrogen) atoms. The summed E-state index contributed by atoms with van der Waals surface area (Å²) in [5.41, 5.74) is 3.07. The molecule has 0 bridgehead atoms. The van der Waals surface area contributed by atoms with Gasteiger partial charge in [-0.3, -0.25) is 9.78 Å². The second-order valence-electron chi connectivity index (χ2n) is 6.17. The number of ether oxygens (including phenoxy) is 2. The van der Waals surface area contributed by atoms with Crippen LogP contribution in [0.3, 0.4) is 0 Å². The van der Waals surface area contributed by atoms with Crippen molar-refractivity contribution in [2.24, 2.45) is 0 Å². The zero-order valence-electron chi connectivity index (χ0n) is 16.0. The van der Waals surface area contributed by atoms with Crippen molar-refractivity contribution >= 4 is 17.2 Å². The smallest absolute Gasteiger partial charge is 0.220 e. The molecule has 0 unspecified atom stereocenters. The Labute approximate surface area is 168 Å². The lowest BCUT2D eigenvalue weighted by Crippen LogP contribution is -2.25. The van der Waals surface area contributed by atoms with Crippen LogP contribution in [-0.2, 0) is 17.6 Å². The van der Waals surface area contributed by atoms with Crippen molar-refractivity contribution in [3.63, 3.8) is 0 Å². The molecule has 0 aliphatic heterocycles. The predicted octanol–water partition coefficient (Wildman–Crippen LogP) is 3.51. The molecule has 0 saturated heterocycles. The Kier molecular flexibility index (Phi) is 6.97. The van der Waals surface area contributed by atoms with Crippen LogP contribution in [0, 0.1) is 0 Å². The first-order valence-electron chi connectivity index (χ1n) is 9.02. The first-order chi connectivity index (χ1) is 13.7. The summed E-state index contributed by atoms with van der Waals surface area (Å²) in [6.45, 7) is 0.577. The molecule has 0 radical (unpaired) electrons. The van der Waals surface area contributed by atoms with Gasteiger partial charge in [0.25, 0.3) is 0 Å². The van der Waals surface area contributed by atoms with Gasteiger partial charge in [0.2, 0.25) is 5.91 Å². The van der Waals surface area contributed by atoms with E-state index in [0.717, 1.165) is 28.2 Å². The zero-order valence-corrected chi connectivity index (χ0v) is 16.8. The minimum atomic E-state index is 0.0268. The maximum Gasteiger partial charge on any atom is 0.220 e. The van der Waals surface area contributed by atoms with Gasteiger partial charge in [0.05, 0.1) is 19.9 Å². The number of benzene rings is 1. The van der Waals surface area contributed by atoms with Gasteiger partial charge in [0, 0.05) is 36.3 Å². The van der Waals surface area contributed by atoms with Gasteiger partial charge in [-0.05, 0) is 42.7 Å². The largest absolute Gasteiger partial charge is 0.493 e. The molecule has 2 aromatic heterocycles. The summed E-state index contributed by atoms with van der Waals surface area (Å²) in [4.78, 5) is 20.7. The molecule has 6 nitrogen and oxygen atoms in total. The van der Waals surface area contributed by atoms with Crippen molar-refractivity contribution in [2.45, 2.75) is 19.3 Å². The number of amides is 1. The summed E-state index contributed by atoms with van der Waals surface area (Å²) in [5, 5.41) is 5.92. The van der Waals surface area contributed by atoms with E-state index in [1.807, 2.05) is 35.7 Å². The number of nitrogens with one attached hydrogen (secondary N) is 1. The van der Waals surface area contributed by atoms with E-state index >= 15 is 0 Å². The van der Waals surface area contributed by atoms with Gasteiger partial charge in [-0.2, -0.15) is 0 Å². The summed E-state index contributed by atoms with van der Waals surface area (Å²) in [7, 11) is 3.22. The highest BCUT2D eigenvalue weighted by molar-refractivity contribution is 7.13. The van der Waals surface area contributed by atoms with Crippen LogP contribution >= 0.6 is 11.3 Å². The van der Waals surface area contributed by atoms with Gasteiger partial charge in [-0.1, -0.05) is 6.07 Å². The van der Waals surface area contributed by atoms with Crippen LogP contribution in [0.2, 0.25) is 0 Å². The quantitative estimate of drug-likeness (QED) is 0.598. The average Bonchev–Trinajstić information content (AvgIpc) is 3.22. The summed E-state index contributed by atoms with van der Waals surface area (Å²) in [6.07, 6.45) is 5.29. The number of methoxy groups -OCH3 is 2. The van der Waals surface area contributed by atoms with E-state index in [2.05, 4.69) is 15.3 Å². The number of aryl methyl sites for hydroxylation is 1. The summed E-state index contributed by atoms with van der Waals surface area (Å²) in [5.74, 6) is 1.42. The molecule has 3 aromatic rings. The lowest BCUT2D eigenvalue weighted by molar-refractivity contribution is -0.121. The normalized spacial score (nSPS) is 10.5. The third-order valence-corrected chi connectivity index (χ3v) is 5.21. The van der Waals surface area contributed by atoms with Crippen LogP contribution in [-0.4, -0.2) is 36.6 Å². The van der Waals surface area contributed by atoms with Crippen molar-refractivity contribution < 1.29 is 14.3 Å². The number of pyridine rings is 1. The van der Waals surface area contributed by atoms with Crippen LogP contribution < -0.4 is 14.8 Å². The van der Waals surface area contributed by atoms with Gasteiger partial charge in [-0.15, -0.1) is 11.3 Å². The fraction of sp³-hybridized carbons (Fsp3) is 0.286. The van der Waals surface area contributed by atoms with E-state index in [1.54, 1.807) is 38.0 Å². The van der Waals surface area contributed by atoms with Gasteiger partial charge < -0.3 is 14.8 Å². The fourth-order valence-corrected chi connectivity index (χ4v) is 3.62. The Morgan fingerprint density at radius 2 is 1.86 bits per heavy atom. The second kappa shape index (κ2) is 9.85. The number of hydrogen-bond donors (Lipinski definition) is 1. The Balaban J connectivity index is 1.43. The van der Waals surface area contributed by atoms with Crippen molar-refractivity contribution in [1.29, 1.82) is 0 Å². The molecular weight excluding hydrogens is 374 g/mol. The molecule has 7 heteroatoms. The van der Waals surface area contributed by atoms with E-state index < -0.39 is 0 Å². The molecule has 146 valence electrons. The van der Waals surface area contributed by atoms with E-state index in [-0.39, 0.29) is 5.91 Å². The summed E-state index contributed by atoms with van der Waals surface area (Å²) in [6, 6.07) is 9.65. The summed E-state index contributed by atoms with van der Waals surface area (Å²) < 4.78 is 10.5. The Morgan fingerprint density at radius 1 is 1.07 bits per heavy atom. The number of carbonyl (C=O) groups is 1. The molecule has 0 aliphatic carbocycles. The second-order valence-corrected chi connectivity index (χ2v) is 7.03. The predicted molar refractivity (Wildman–Crippen MR) is 110 cm³/mol. The van der Waals surface area contributed by atoms with Crippen LogP contribution in [0.25, 0.3) is 10.6 Å². The van der Waals surface area contributed by atoms with Crippen molar-refractivity contribution in [2.75, 3.05) is 20.8 Å². The topological polar surface area (TPSA) is 73.3 Å². The molecule has 0 aliphatic rings. The van der Waals surface area contributed by atoms with Gasteiger partial charge in [0.15, 0.2) is 11.5 Å². The molecule has 2 heterocycles. The van der Waals surface area contributed by atoms with E-state index in [1.165, 1.54) is 0 Å². The number of aromatic nitrogens is 2. The van der Waals surface area contributed by atoms with E-state index in [0.29, 0.717) is 30.9 Å². The first kappa shape index (κ1) is 19.8. The molecular formula is C21H23N3O3S. The van der Waals surface area contributed by atoms with Crippen molar-refractivity contribution in [3.05, 3.63) is 59.4 Å². The minimum Gasteiger partial charge on any atom is -0.493 e. The highest BCUT2D eigenvalue weighted by Crippen LogP contribution is 2.27. The van der Waals surface area contributed by atoms with E-state index in [4.69, 9.17) is 9.47 Å². The van der Waals surface area contributed by atoms with Gasteiger partial charge >= 0.3 is 0 Å². The maximum atomic E-state index is 12.1. The Hall–Kier alpha value is -2.93. The van der Waals surface area contributed by atoms with Crippen LogP contribution in [0.5, 0.6) is 11.5 Å². The lowest BCUT2D eigenvalue weighted by Gasteiger charge is -2.10. The lowest BCUT2D eigenvalue weighted by atomic mass is 10.1. The zero-order chi connectivity index (χ0) is 19.8. The molecule has 3 rings (SSSR count). The number of nitrogens with zero attached hydrogens (tertiary/aromatic N) is 2. The number of hydrogen-bond acceptors (Lipinski definition) is 6. The minimum absolute atomic E-state index is 0.0268. The highest BCUT2D eigenvalue weighted by Gasteiger charge is 2.08. The number of thiazole rings is 1. The standard InChI is InChI=1S/C21H23N3O3S/c1-26-18-5-3-15(13-19(18)27-2)7-12-23-20(25)6-4-17-14-28-21(24-17)16-8-10-22-11-9-16/h3,5,8-11,13-14H,4,6-7,12H2,1-2H3,(H,23,25). The Morgan fingerprint density at radius 3 is 2.61 bits per heavy atom. The molecule has 1 N–H and O–H groups in total. The summed E-state index contributed by atoms with van der Waals surface area (Å²) >= 11 is 1.58. The average molecular weight is 398 g/mol. The third kappa shape index (κ3) is 5.29. The monoisotopic (exact) mass is 397 g/mol. The maximum absolute atomic E-state index is 12.1. The molecule has 0 fully saturated rings. The van der Waals surface area contributed by atoms with Crippen LogP contribution in [0.1, 0.15) is 17.7 Å².